The number of aromatic nitrogens is 4. The maximum absolute atomic E-state index is 5.36. The highest BCUT2D eigenvalue weighted by Gasteiger charge is 2.16. The lowest BCUT2D eigenvalue weighted by Crippen LogP contribution is -2.37. The molecule has 9 nitrogen and oxygen atoms in total. The Morgan fingerprint density at radius 2 is 2.08 bits per heavy atom. The molecule has 134 valence electrons. The summed E-state index contributed by atoms with van der Waals surface area (Å²) in [5.74, 6) is 0.874. The van der Waals surface area contributed by atoms with Gasteiger partial charge in [-0.05, 0) is 6.07 Å². The minimum absolute atomic E-state index is 0.242. The quantitative estimate of drug-likeness (QED) is 0.531. The fraction of sp³-hybridized carbons (Fsp3) is 0.294. The van der Waals surface area contributed by atoms with Crippen LogP contribution in [0.4, 0.5) is 11.9 Å². The van der Waals surface area contributed by atoms with Crippen molar-refractivity contribution in [1.29, 1.82) is 0 Å². The van der Waals surface area contributed by atoms with Crippen molar-refractivity contribution in [3.8, 4) is 6.01 Å². The first-order chi connectivity index (χ1) is 12.8. The number of nitrogens with zero attached hydrogens (tertiary/aromatic N) is 5. The second kappa shape index (κ2) is 7.36. The standard InChI is InChI=1S/C17H19N7O2/c1-25-17-21-15(20-16(22-17)24-6-8-26-9-7-24)23-19-11-12-10-18-14-5-3-2-4-13(12)14/h2-5,10-11,18H,6-9H2,1H3,(H,20,21,22,23)/b19-11-. The Balaban J connectivity index is 1.53. The number of benzene rings is 1. The van der Waals surface area contributed by atoms with Gasteiger partial charge >= 0.3 is 6.01 Å². The minimum Gasteiger partial charge on any atom is -0.467 e. The molecule has 0 spiro atoms. The molecule has 1 fully saturated rings. The summed E-state index contributed by atoms with van der Waals surface area (Å²) in [6, 6.07) is 8.28. The van der Waals surface area contributed by atoms with Crippen LogP contribution in [0.5, 0.6) is 6.01 Å². The van der Waals surface area contributed by atoms with Crippen LogP contribution in [-0.4, -0.2) is 59.6 Å². The highest BCUT2D eigenvalue weighted by molar-refractivity contribution is 5.99. The van der Waals surface area contributed by atoms with Gasteiger partial charge in [-0.3, -0.25) is 0 Å². The molecule has 9 heteroatoms. The molecule has 3 heterocycles. The molecule has 1 aromatic carbocycles. The summed E-state index contributed by atoms with van der Waals surface area (Å²) in [5.41, 5.74) is 4.89. The molecule has 0 bridgehead atoms. The molecule has 1 aliphatic heterocycles. The van der Waals surface area contributed by atoms with Crippen LogP contribution in [-0.2, 0) is 4.74 Å². The molecule has 0 unspecified atom stereocenters. The Morgan fingerprint density at radius 1 is 1.23 bits per heavy atom. The Bertz CT molecular complexity index is 918. The molecule has 0 amide bonds. The van der Waals surface area contributed by atoms with Crippen LogP contribution in [0.3, 0.4) is 0 Å². The molecule has 2 aromatic heterocycles. The highest BCUT2D eigenvalue weighted by Crippen LogP contribution is 2.17. The fourth-order valence-electron chi connectivity index (χ4n) is 2.75. The molecule has 1 saturated heterocycles. The summed E-state index contributed by atoms with van der Waals surface area (Å²) in [4.78, 5) is 18.2. The lowest BCUT2D eigenvalue weighted by Gasteiger charge is -2.26. The van der Waals surface area contributed by atoms with Gasteiger partial charge in [-0.25, -0.2) is 5.43 Å². The van der Waals surface area contributed by atoms with Crippen LogP contribution >= 0.6 is 0 Å². The van der Waals surface area contributed by atoms with Gasteiger partial charge in [-0.15, -0.1) is 0 Å². The number of nitrogens with one attached hydrogen (secondary N) is 2. The maximum atomic E-state index is 5.36. The van der Waals surface area contributed by atoms with E-state index in [1.165, 1.54) is 7.11 Å². The van der Waals surface area contributed by atoms with Crippen molar-refractivity contribution >= 4 is 29.0 Å². The molecular formula is C17H19N7O2. The number of hydrogen-bond acceptors (Lipinski definition) is 8. The van der Waals surface area contributed by atoms with Crippen LogP contribution in [0, 0.1) is 0 Å². The monoisotopic (exact) mass is 353 g/mol. The Kier molecular flexibility index (Phi) is 4.61. The van der Waals surface area contributed by atoms with Crippen molar-refractivity contribution in [3.63, 3.8) is 0 Å². The van der Waals surface area contributed by atoms with Crippen molar-refractivity contribution in [2.24, 2.45) is 5.10 Å². The molecular weight excluding hydrogens is 334 g/mol. The van der Waals surface area contributed by atoms with E-state index < -0.39 is 0 Å². The Morgan fingerprint density at radius 3 is 2.92 bits per heavy atom. The lowest BCUT2D eigenvalue weighted by atomic mass is 10.2. The maximum Gasteiger partial charge on any atom is 0.322 e. The largest absolute Gasteiger partial charge is 0.467 e. The number of anilines is 2. The average Bonchev–Trinajstić information content (AvgIpc) is 3.12. The van der Waals surface area contributed by atoms with Gasteiger partial charge in [0.15, 0.2) is 0 Å². The van der Waals surface area contributed by atoms with E-state index >= 15 is 0 Å². The van der Waals surface area contributed by atoms with E-state index in [2.05, 4.69) is 30.5 Å². The zero-order valence-electron chi connectivity index (χ0n) is 14.3. The van der Waals surface area contributed by atoms with Crippen LogP contribution in [0.25, 0.3) is 10.9 Å². The summed E-state index contributed by atoms with van der Waals surface area (Å²) in [5, 5.41) is 5.35. The van der Waals surface area contributed by atoms with E-state index in [4.69, 9.17) is 9.47 Å². The molecule has 1 aliphatic rings. The van der Waals surface area contributed by atoms with Gasteiger partial charge in [0.2, 0.25) is 5.95 Å². The van der Waals surface area contributed by atoms with E-state index in [0.29, 0.717) is 25.1 Å². The smallest absolute Gasteiger partial charge is 0.322 e. The van der Waals surface area contributed by atoms with Crippen molar-refractivity contribution in [2.45, 2.75) is 0 Å². The number of ether oxygens (including phenoxy) is 2. The van der Waals surface area contributed by atoms with Gasteiger partial charge in [0, 0.05) is 35.8 Å². The van der Waals surface area contributed by atoms with Crippen molar-refractivity contribution in [3.05, 3.63) is 36.0 Å². The average molecular weight is 353 g/mol. The number of para-hydroxylation sites is 1. The number of hydrazone groups is 1. The van der Waals surface area contributed by atoms with Gasteiger partial charge in [-0.1, -0.05) is 18.2 Å². The van der Waals surface area contributed by atoms with E-state index in [0.717, 1.165) is 29.6 Å². The topological polar surface area (TPSA) is 101 Å². The second-order valence-electron chi connectivity index (χ2n) is 5.70. The molecule has 0 aliphatic carbocycles. The van der Waals surface area contributed by atoms with Crippen molar-refractivity contribution in [1.82, 2.24) is 19.9 Å². The number of morpholine rings is 1. The van der Waals surface area contributed by atoms with Crippen LogP contribution in [0.15, 0.2) is 35.6 Å². The van der Waals surface area contributed by atoms with Crippen molar-refractivity contribution < 1.29 is 9.47 Å². The highest BCUT2D eigenvalue weighted by atomic mass is 16.5. The van der Waals surface area contributed by atoms with Gasteiger partial charge in [0.05, 0.1) is 26.5 Å². The molecule has 4 rings (SSSR count). The van der Waals surface area contributed by atoms with Gasteiger partial charge < -0.3 is 19.4 Å². The summed E-state index contributed by atoms with van der Waals surface area (Å²) in [7, 11) is 1.53. The zero-order valence-corrected chi connectivity index (χ0v) is 14.3. The predicted octanol–water partition coefficient (Wildman–Crippen LogP) is 1.64. The lowest BCUT2D eigenvalue weighted by molar-refractivity contribution is 0.122. The third-order valence-corrected chi connectivity index (χ3v) is 4.07. The van der Waals surface area contributed by atoms with E-state index in [-0.39, 0.29) is 6.01 Å². The summed E-state index contributed by atoms with van der Waals surface area (Å²) < 4.78 is 10.5. The minimum atomic E-state index is 0.242. The van der Waals surface area contributed by atoms with Crippen LogP contribution < -0.4 is 15.1 Å². The number of fused-ring (bicyclic) bond motifs is 1. The molecule has 3 aromatic rings. The number of H-pyrrole nitrogens is 1. The second-order valence-corrected chi connectivity index (χ2v) is 5.70. The fourth-order valence-corrected chi connectivity index (χ4v) is 2.75. The van der Waals surface area contributed by atoms with Gasteiger partial charge in [-0.2, -0.15) is 20.1 Å². The summed E-state index contributed by atoms with van der Waals surface area (Å²) in [6.07, 6.45) is 3.63. The van der Waals surface area contributed by atoms with Crippen molar-refractivity contribution in [2.75, 3.05) is 43.7 Å². The van der Waals surface area contributed by atoms with E-state index in [1.807, 2.05) is 35.4 Å². The third kappa shape index (κ3) is 3.42. The van der Waals surface area contributed by atoms with E-state index in [9.17, 15) is 0 Å². The third-order valence-electron chi connectivity index (χ3n) is 4.07. The van der Waals surface area contributed by atoms with Crippen LogP contribution in [0.2, 0.25) is 0 Å². The Hall–Kier alpha value is -3.20. The predicted molar refractivity (Wildman–Crippen MR) is 98.9 cm³/mol. The normalized spacial score (nSPS) is 14.9. The zero-order chi connectivity index (χ0) is 17.8. The summed E-state index contributed by atoms with van der Waals surface area (Å²) in [6.45, 7) is 2.75. The Labute approximate surface area is 150 Å². The molecule has 2 N–H and O–H groups in total. The van der Waals surface area contributed by atoms with Gasteiger partial charge in [0.25, 0.3) is 5.95 Å². The number of methoxy groups -OCH3 is 1. The SMILES string of the molecule is COc1nc(N/N=C\c2c[nH]c3ccccc23)nc(N2CCOCC2)n1. The van der Waals surface area contributed by atoms with Gasteiger partial charge in [0.1, 0.15) is 0 Å². The number of rotatable bonds is 5. The first-order valence-electron chi connectivity index (χ1n) is 8.31. The first kappa shape index (κ1) is 16.3. The molecule has 26 heavy (non-hydrogen) atoms. The number of hydrogen-bond donors (Lipinski definition) is 2. The molecule has 0 atom stereocenters. The summed E-state index contributed by atoms with van der Waals surface area (Å²) >= 11 is 0. The van der Waals surface area contributed by atoms with Crippen LogP contribution in [0.1, 0.15) is 5.56 Å². The number of aromatic amines is 1. The van der Waals surface area contributed by atoms with E-state index in [1.54, 1.807) is 6.21 Å². The first-order valence-corrected chi connectivity index (χ1v) is 8.31. The molecule has 0 radical (unpaired) electrons. The molecule has 0 saturated carbocycles.